The average Bonchev–Trinajstić information content (AvgIpc) is 2.79. The van der Waals surface area contributed by atoms with E-state index in [9.17, 15) is 0 Å². The van der Waals surface area contributed by atoms with Crippen molar-refractivity contribution in [1.82, 2.24) is 19.9 Å². The third-order valence-electron chi connectivity index (χ3n) is 1.87. The van der Waals surface area contributed by atoms with Crippen molar-refractivity contribution in [3.05, 3.63) is 30.6 Å². The Morgan fingerprint density at radius 3 is 3.13 bits per heavy atom. The van der Waals surface area contributed by atoms with Crippen molar-refractivity contribution in [2.24, 2.45) is 0 Å². The minimum absolute atomic E-state index is 0.685. The fourth-order valence-electron chi connectivity index (χ4n) is 1.11. The van der Waals surface area contributed by atoms with E-state index in [1.165, 1.54) is 0 Å². The molecule has 0 saturated carbocycles. The Balaban J connectivity index is 1.98. The maximum atomic E-state index is 4.12. The Kier molecular flexibility index (Phi) is 3.18. The average molecular weight is 221 g/mol. The molecule has 0 atom stereocenters. The summed E-state index contributed by atoms with van der Waals surface area (Å²) in [5.74, 6) is 0.823. The summed E-state index contributed by atoms with van der Waals surface area (Å²) in [4.78, 5) is 15.2. The molecule has 0 aliphatic carbocycles. The molecule has 6 heteroatoms. The first kappa shape index (κ1) is 9.97. The summed E-state index contributed by atoms with van der Waals surface area (Å²) in [6.45, 7) is 0.685. The van der Waals surface area contributed by atoms with E-state index in [2.05, 4.69) is 25.3 Å². The third kappa shape index (κ3) is 2.69. The molecule has 0 amide bonds. The molecule has 15 heavy (non-hydrogen) atoms. The smallest absolute Gasteiger partial charge is 0.130 e. The van der Waals surface area contributed by atoms with Crippen LogP contribution >= 0.6 is 11.8 Å². The van der Waals surface area contributed by atoms with Crippen molar-refractivity contribution in [2.75, 3.05) is 11.6 Å². The largest absolute Gasteiger partial charge is 0.364 e. The summed E-state index contributed by atoms with van der Waals surface area (Å²) in [5, 5.41) is 4.14. The number of imidazole rings is 1. The standard InChI is InChI=1S/C9H11N5S/c1-15-9-2-8(13-6-14-9)11-4-7-3-10-5-12-7/h2-3,5-6H,4H2,1H3,(H,10,12)(H,11,13,14). The van der Waals surface area contributed by atoms with E-state index in [4.69, 9.17) is 0 Å². The Hall–Kier alpha value is -1.56. The fourth-order valence-corrected chi connectivity index (χ4v) is 1.50. The van der Waals surface area contributed by atoms with Gasteiger partial charge in [-0.3, -0.25) is 0 Å². The van der Waals surface area contributed by atoms with E-state index >= 15 is 0 Å². The summed E-state index contributed by atoms with van der Waals surface area (Å²) in [6, 6.07) is 1.92. The molecule has 2 rings (SSSR count). The Bertz CT molecular complexity index is 414. The van der Waals surface area contributed by atoms with Gasteiger partial charge in [-0.2, -0.15) is 0 Å². The normalized spacial score (nSPS) is 10.2. The summed E-state index contributed by atoms with van der Waals surface area (Å²) in [7, 11) is 0. The monoisotopic (exact) mass is 221 g/mol. The van der Waals surface area contributed by atoms with Crippen molar-refractivity contribution < 1.29 is 0 Å². The first-order valence-corrected chi connectivity index (χ1v) is 5.68. The number of H-pyrrole nitrogens is 1. The highest BCUT2D eigenvalue weighted by atomic mass is 32.2. The van der Waals surface area contributed by atoms with Crippen LogP contribution in [0.1, 0.15) is 5.69 Å². The lowest BCUT2D eigenvalue weighted by Crippen LogP contribution is -2.01. The van der Waals surface area contributed by atoms with Crippen LogP contribution in [-0.2, 0) is 6.54 Å². The maximum absolute atomic E-state index is 4.12. The van der Waals surface area contributed by atoms with Crippen LogP contribution in [0.25, 0.3) is 0 Å². The zero-order valence-electron chi connectivity index (χ0n) is 8.27. The summed E-state index contributed by atoms with van der Waals surface area (Å²) in [6.07, 6.45) is 6.98. The molecule has 0 aliphatic rings. The molecule has 0 radical (unpaired) electrons. The fraction of sp³-hybridized carbons (Fsp3) is 0.222. The summed E-state index contributed by atoms with van der Waals surface area (Å²) < 4.78 is 0. The van der Waals surface area contributed by atoms with Gasteiger partial charge in [-0.15, -0.1) is 11.8 Å². The number of hydrogen-bond donors (Lipinski definition) is 2. The topological polar surface area (TPSA) is 66.5 Å². The highest BCUT2D eigenvalue weighted by molar-refractivity contribution is 7.98. The highest BCUT2D eigenvalue weighted by Gasteiger charge is 1.98. The van der Waals surface area contributed by atoms with Gasteiger partial charge in [-0.05, 0) is 6.26 Å². The quantitative estimate of drug-likeness (QED) is 0.605. The second kappa shape index (κ2) is 4.79. The molecule has 0 aromatic carbocycles. The van der Waals surface area contributed by atoms with Gasteiger partial charge in [-0.1, -0.05) is 0 Å². The van der Waals surface area contributed by atoms with Crippen molar-refractivity contribution in [3.8, 4) is 0 Å². The molecular formula is C9H11N5S. The van der Waals surface area contributed by atoms with Crippen molar-refractivity contribution in [1.29, 1.82) is 0 Å². The summed E-state index contributed by atoms with van der Waals surface area (Å²) in [5.41, 5.74) is 1.03. The molecule has 0 saturated heterocycles. The lowest BCUT2D eigenvalue weighted by Gasteiger charge is -2.03. The van der Waals surface area contributed by atoms with Gasteiger partial charge in [0, 0.05) is 12.3 Å². The number of rotatable bonds is 4. The van der Waals surface area contributed by atoms with Gasteiger partial charge in [0.15, 0.2) is 0 Å². The van der Waals surface area contributed by atoms with Gasteiger partial charge in [0.2, 0.25) is 0 Å². The van der Waals surface area contributed by atoms with Gasteiger partial charge in [0.25, 0.3) is 0 Å². The molecule has 78 valence electrons. The van der Waals surface area contributed by atoms with Crippen LogP contribution in [0.5, 0.6) is 0 Å². The van der Waals surface area contributed by atoms with Gasteiger partial charge in [0.05, 0.1) is 18.6 Å². The van der Waals surface area contributed by atoms with Gasteiger partial charge < -0.3 is 10.3 Å². The van der Waals surface area contributed by atoms with Crippen molar-refractivity contribution >= 4 is 17.6 Å². The molecule has 5 nitrogen and oxygen atoms in total. The molecule has 0 unspecified atom stereocenters. The van der Waals surface area contributed by atoms with Gasteiger partial charge >= 0.3 is 0 Å². The SMILES string of the molecule is CSc1cc(NCc2cnc[nH]2)ncn1. The van der Waals surface area contributed by atoms with E-state index in [0.717, 1.165) is 16.5 Å². The Morgan fingerprint density at radius 2 is 2.40 bits per heavy atom. The number of nitrogens with zero attached hydrogens (tertiary/aromatic N) is 3. The van der Waals surface area contributed by atoms with E-state index in [1.54, 1.807) is 30.6 Å². The van der Waals surface area contributed by atoms with Gasteiger partial charge in [-0.25, -0.2) is 15.0 Å². The molecule has 0 aliphatic heterocycles. The van der Waals surface area contributed by atoms with E-state index < -0.39 is 0 Å². The first-order chi connectivity index (χ1) is 7.38. The molecule has 0 bridgehead atoms. The van der Waals surface area contributed by atoms with Gasteiger partial charge in [0.1, 0.15) is 17.2 Å². The predicted molar refractivity (Wildman–Crippen MR) is 59.7 cm³/mol. The van der Waals surface area contributed by atoms with Crippen LogP contribution in [0.4, 0.5) is 5.82 Å². The Morgan fingerprint density at radius 1 is 1.47 bits per heavy atom. The lowest BCUT2D eigenvalue weighted by atomic mass is 10.4. The highest BCUT2D eigenvalue weighted by Crippen LogP contribution is 2.13. The second-order valence-electron chi connectivity index (χ2n) is 2.88. The zero-order valence-corrected chi connectivity index (χ0v) is 9.08. The number of anilines is 1. The molecule has 0 fully saturated rings. The first-order valence-electron chi connectivity index (χ1n) is 4.45. The zero-order chi connectivity index (χ0) is 10.5. The number of aromatic amines is 1. The number of thioether (sulfide) groups is 1. The van der Waals surface area contributed by atoms with Crippen LogP contribution < -0.4 is 5.32 Å². The Labute approximate surface area is 91.8 Å². The van der Waals surface area contributed by atoms with Crippen LogP contribution in [0.2, 0.25) is 0 Å². The van der Waals surface area contributed by atoms with E-state index in [-0.39, 0.29) is 0 Å². The van der Waals surface area contributed by atoms with E-state index in [0.29, 0.717) is 6.54 Å². The molecule has 2 heterocycles. The molecule has 0 spiro atoms. The van der Waals surface area contributed by atoms with Crippen LogP contribution in [0, 0.1) is 0 Å². The van der Waals surface area contributed by atoms with Crippen LogP contribution in [-0.4, -0.2) is 26.2 Å². The minimum Gasteiger partial charge on any atom is -0.364 e. The second-order valence-corrected chi connectivity index (χ2v) is 3.70. The molecule has 2 N–H and O–H groups in total. The minimum atomic E-state index is 0.685. The maximum Gasteiger partial charge on any atom is 0.130 e. The predicted octanol–water partition coefficient (Wildman–Crippen LogP) is 1.53. The van der Waals surface area contributed by atoms with Crippen molar-refractivity contribution in [3.63, 3.8) is 0 Å². The molecular weight excluding hydrogens is 210 g/mol. The number of hydrogen-bond acceptors (Lipinski definition) is 5. The van der Waals surface area contributed by atoms with Crippen LogP contribution in [0.3, 0.4) is 0 Å². The lowest BCUT2D eigenvalue weighted by molar-refractivity contribution is 1.00. The number of aromatic nitrogens is 4. The molecule has 2 aromatic heterocycles. The third-order valence-corrected chi connectivity index (χ3v) is 2.51. The molecule has 2 aromatic rings. The number of nitrogens with one attached hydrogen (secondary N) is 2. The van der Waals surface area contributed by atoms with Crippen LogP contribution in [0.15, 0.2) is 29.9 Å². The summed E-state index contributed by atoms with van der Waals surface area (Å²) >= 11 is 1.60. The van der Waals surface area contributed by atoms with Crippen molar-refractivity contribution in [2.45, 2.75) is 11.6 Å². The van der Waals surface area contributed by atoms with E-state index in [1.807, 2.05) is 12.3 Å².